The number of fused-ring (bicyclic) bond motifs is 1. The molecule has 3 heteroatoms. The van der Waals surface area contributed by atoms with Gasteiger partial charge in [0, 0.05) is 27.8 Å². The van der Waals surface area contributed by atoms with Crippen LogP contribution in [-0.4, -0.2) is 11.5 Å². The Morgan fingerprint density at radius 2 is 1.86 bits per heavy atom. The van der Waals surface area contributed by atoms with Gasteiger partial charge in [-0.2, -0.15) is 11.8 Å². The lowest BCUT2D eigenvalue weighted by atomic mass is 9.95. The third kappa shape index (κ3) is 3.28. The van der Waals surface area contributed by atoms with E-state index in [2.05, 4.69) is 25.1 Å². The lowest BCUT2D eigenvalue weighted by Gasteiger charge is -2.25. The molecule has 1 unspecified atom stereocenters. The Kier molecular flexibility index (Phi) is 4.57. The van der Waals surface area contributed by atoms with Gasteiger partial charge in [-0.05, 0) is 42.2 Å². The first-order valence-corrected chi connectivity index (χ1v) is 8.63. The number of allylic oxidation sites excluding steroid dienone is 1. The summed E-state index contributed by atoms with van der Waals surface area (Å²) in [5.74, 6) is 4.49. The first-order valence-electron chi connectivity index (χ1n) is 7.10. The Hall–Kier alpha value is -1.38. The van der Waals surface area contributed by atoms with Gasteiger partial charge in [-0.1, -0.05) is 36.7 Å². The minimum atomic E-state index is 0.394. The van der Waals surface area contributed by atoms with Crippen molar-refractivity contribution in [1.82, 2.24) is 0 Å². The summed E-state index contributed by atoms with van der Waals surface area (Å²) in [6.07, 6.45) is 2.23. The molecule has 1 aliphatic heterocycles. The number of halogens is 1. The summed E-state index contributed by atoms with van der Waals surface area (Å²) in [6.45, 7) is 2.19. The van der Waals surface area contributed by atoms with E-state index in [1.807, 2.05) is 48.2 Å². The molecule has 3 rings (SSSR count). The van der Waals surface area contributed by atoms with Crippen molar-refractivity contribution in [2.75, 3.05) is 11.5 Å². The van der Waals surface area contributed by atoms with Gasteiger partial charge in [0.15, 0.2) is 0 Å². The summed E-state index contributed by atoms with van der Waals surface area (Å²) in [6, 6.07) is 16.1. The van der Waals surface area contributed by atoms with Crippen LogP contribution in [0, 0.1) is 0 Å². The molecule has 0 saturated carbocycles. The molecule has 1 heterocycles. The van der Waals surface area contributed by atoms with Crippen LogP contribution in [0.15, 0.2) is 54.6 Å². The zero-order valence-corrected chi connectivity index (χ0v) is 13.5. The van der Waals surface area contributed by atoms with Crippen LogP contribution in [0.1, 0.15) is 24.0 Å². The molecule has 0 radical (unpaired) electrons. The molecular formula is C18H17ClOS. The predicted molar refractivity (Wildman–Crippen MR) is 92.2 cm³/mol. The highest BCUT2D eigenvalue weighted by atomic mass is 35.5. The molecule has 108 valence electrons. The van der Waals surface area contributed by atoms with Crippen molar-refractivity contribution in [3.05, 3.63) is 70.8 Å². The number of ether oxygens (including phenoxy) is 1. The van der Waals surface area contributed by atoms with Gasteiger partial charge < -0.3 is 4.74 Å². The maximum Gasteiger partial charge on any atom is 0.131 e. The van der Waals surface area contributed by atoms with Crippen molar-refractivity contribution in [3.8, 4) is 5.75 Å². The molecule has 2 aromatic carbocycles. The zero-order chi connectivity index (χ0) is 14.7. The molecule has 0 spiro atoms. The van der Waals surface area contributed by atoms with E-state index in [0.29, 0.717) is 5.92 Å². The van der Waals surface area contributed by atoms with Crippen LogP contribution in [0.25, 0.3) is 5.76 Å². The molecule has 0 N–H and O–H groups in total. The summed E-state index contributed by atoms with van der Waals surface area (Å²) in [5.41, 5.74) is 2.34. The fourth-order valence-corrected chi connectivity index (χ4v) is 3.35. The molecule has 1 nitrogen and oxygen atoms in total. The van der Waals surface area contributed by atoms with Crippen LogP contribution in [-0.2, 0) is 0 Å². The molecule has 1 atom stereocenters. The second-order valence-electron chi connectivity index (χ2n) is 4.94. The van der Waals surface area contributed by atoms with Crippen LogP contribution >= 0.6 is 23.4 Å². The zero-order valence-electron chi connectivity index (χ0n) is 11.9. The number of rotatable bonds is 4. The number of hydrogen-bond donors (Lipinski definition) is 0. The fourth-order valence-electron chi connectivity index (χ4n) is 2.46. The van der Waals surface area contributed by atoms with Gasteiger partial charge in [0.05, 0.1) is 0 Å². The minimum Gasteiger partial charge on any atom is -0.457 e. The average Bonchev–Trinajstić information content (AvgIpc) is 2.53. The number of thioether (sulfide) groups is 1. The van der Waals surface area contributed by atoms with Gasteiger partial charge in [-0.15, -0.1) is 0 Å². The topological polar surface area (TPSA) is 9.23 Å². The van der Waals surface area contributed by atoms with E-state index in [1.54, 1.807) is 0 Å². The Balaban J connectivity index is 1.95. The molecule has 2 aromatic rings. The largest absolute Gasteiger partial charge is 0.457 e. The van der Waals surface area contributed by atoms with Gasteiger partial charge in [0.1, 0.15) is 11.5 Å². The standard InChI is InChI=1S/C18H17ClOS/c1-2-21-12-14-11-18(13-7-9-15(19)10-8-13)20-17-6-4-3-5-16(14)17/h3-11,14H,2,12H2,1H3. The van der Waals surface area contributed by atoms with Crippen molar-refractivity contribution in [2.45, 2.75) is 12.8 Å². The van der Waals surface area contributed by atoms with Gasteiger partial charge in [0.2, 0.25) is 0 Å². The maximum atomic E-state index is 6.08. The summed E-state index contributed by atoms with van der Waals surface area (Å²) >= 11 is 7.92. The summed E-state index contributed by atoms with van der Waals surface area (Å²) < 4.78 is 6.08. The Morgan fingerprint density at radius 1 is 1.10 bits per heavy atom. The third-order valence-corrected chi connectivity index (χ3v) is 4.78. The van der Waals surface area contributed by atoms with E-state index in [0.717, 1.165) is 33.6 Å². The SMILES string of the molecule is CCSCC1C=C(c2ccc(Cl)cc2)Oc2ccccc21. The highest BCUT2D eigenvalue weighted by molar-refractivity contribution is 7.99. The van der Waals surface area contributed by atoms with Gasteiger partial charge >= 0.3 is 0 Å². The Bertz CT molecular complexity index is 649. The number of para-hydroxylation sites is 1. The van der Waals surface area contributed by atoms with Crippen molar-refractivity contribution in [1.29, 1.82) is 0 Å². The summed E-state index contributed by atoms with van der Waals surface area (Å²) in [4.78, 5) is 0. The van der Waals surface area contributed by atoms with Crippen molar-refractivity contribution in [2.24, 2.45) is 0 Å². The molecule has 0 aliphatic carbocycles. The van der Waals surface area contributed by atoms with Crippen molar-refractivity contribution >= 4 is 29.1 Å². The summed E-state index contributed by atoms with van der Waals surface area (Å²) in [5, 5.41) is 0.744. The van der Waals surface area contributed by atoms with Gasteiger partial charge in [0.25, 0.3) is 0 Å². The molecular weight excluding hydrogens is 300 g/mol. The molecule has 1 aliphatic rings. The van der Waals surface area contributed by atoms with E-state index < -0.39 is 0 Å². The number of benzene rings is 2. The van der Waals surface area contributed by atoms with E-state index in [-0.39, 0.29) is 0 Å². The molecule has 0 bridgehead atoms. The van der Waals surface area contributed by atoms with E-state index >= 15 is 0 Å². The molecule has 21 heavy (non-hydrogen) atoms. The van der Waals surface area contributed by atoms with Crippen LogP contribution in [0.3, 0.4) is 0 Å². The van der Waals surface area contributed by atoms with E-state index in [9.17, 15) is 0 Å². The lowest BCUT2D eigenvalue weighted by Crippen LogP contribution is -2.11. The van der Waals surface area contributed by atoms with E-state index in [4.69, 9.17) is 16.3 Å². The van der Waals surface area contributed by atoms with Crippen molar-refractivity contribution in [3.63, 3.8) is 0 Å². The molecule has 0 saturated heterocycles. The fraction of sp³-hybridized carbons (Fsp3) is 0.222. The minimum absolute atomic E-state index is 0.394. The first kappa shape index (κ1) is 14.6. The Morgan fingerprint density at radius 3 is 2.62 bits per heavy atom. The molecule has 0 fully saturated rings. The smallest absolute Gasteiger partial charge is 0.131 e. The van der Waals surface area contributed by atoms with Crippen LogP contribution in [0.5, 0.6) is 5.75 Å². The van der Waals surface area contributed by atoms with Crippen LogP contribution < -0.4 is 4.74 Å². The predicted octanol–water partition coefficient (Wildman–Crippen LogP) is 5.61. The van der Waals surface area contributed by atoms with Crippen molar-refractivity contribution < 1.29 is 4.74 Å². The first-order chi connectivity index (χ1) is 10.3. The highest BCUT2D eigenvalue weighted by Gasteiger charge is 2.22. The lowest BCUT2D eigenvalue weighted by molar-refractivity contribution is 0.490. The quantitative estimate of drug-likeness (QED) is 0.725. The van der Waals surface area contributed by atoms with Crippen LogP contribution in [0.4, 0.5) is 0 Å². The maximum absolute atomic E-state index is 6.08. The second-order valence-corrected chi connectivity index (χ2v) is 6.70. The third-order valence-electron chi connectivity index (χ3n) is 3.52. The van der Waals surface area contributed by atoms with Gasteiger partial charge in [-0.3, -0.25) is 0 Å². The normalized spacial score (nSPS) is 16.9. The monoisotopic (exact) mass is 316 g/mol. The second kappa shape index (κ2) is 6.59. The molecule has 0 amide bonds. The van der Waals surface area contributed by atoms with Crippen LogP contribution in [0.2, 0.25) is 5.02 Å². The summed E-state index contributed by atoms with van der Waals surface area (Å²) in [7, 11) is 0. The van der Waals surface area contributed by atoms with Gasteiger partial charge in [-0.25, -0.2) is 0 Å². The molecule has 0 aromatic heterocycles. The van der Waals surface area contributed by atoms with E-state index in [1.165, 1.54) is 5.56 Å². The number of hydrogen-bond acceptors (Lipinski definition) is 2. The highest BCUT2D eigenvalue weighted by Crippen LogP contribution is 2.38. The average molecular weight is 317 g/mol. The Labute approximate surface area is 135 Å².